The minimum atomic E-state index is 0.0301. The zero-order valence-electron chi connectivity index (χ0n) is 12.1. The fourth-order valence-electron chi connectivity index (χ4n) is 2.17. The maximum absolute atomic E-state index is 6.13. The minimum absolute atomic E-state index is 0.0301. The summed E-state index contributed by atoms with van der Waals surface area (Å²) in [6.45, 7) is 6.52. The molecule has 108 valence electrons. The van der Waals surface area contributed by atoms with Crippen LogP contribution in [0.3, 0.4) is 0 Å². The van der Waals surface area contributed by atoms with Gasteiger partial charge in [-0.15, -0.1) is 0 Å². The molecule has 1 heterocycles. The monoisotopic (exact) mass is 337 g/mol. The van der Waals surface area contributed by atoms with Crippen LogP contribution in [0.2, 0.25) is 0 Å². The molecule has 20 heavy (non-hydrogen) atoms. The topological polar surface area (TPSA) is 64.9 Å². The number of rotatable bonds is 4. The van der Waals surface area contributed by atoms with E-state index >= 15 is 0 Å². The zero-order chi connectivity index (χ0) is 14.8. The lowest BCUT2D eigenvalue weighted by molar-refractivity contribution is 0.313. The molecule has 0 saturated heterocycles. The Hall–Kier alpha value is -1.20. The SMILES string of the molecule is CC(C)(C)CC(N)Cc1nc(-c2ccccc2Br)no1. The summed E-state index contributed by atoms with van der Waals surface area (Å²) in [5.41, 5.74) is 7.25. The molecule has 2 N–H and O–H groups in total. The van der Waals surface area contributed by atoms with E-state index in [0.29, 0.717) is 18.1 Å². The maximum atomic E-state index is 6.13. The molecule has 1 atom stereocenters. The third-order valence-electron chi connectivity index (χ3n) is 2.89. The van der Waals surface area contributed by atoms with Gasteiger partial charge in [0.15, 0.2) is 0 Å². The average molecular weight is 338 g/mol. The first-order valence-electron chi connectivity index (χ1n) is 6.68. The molecular formula is C15H20BrN3O. The number of halogens is 1. The zero-order valence-corrected chi connectivity index (χ0v) is 13.6. The lowest BCUT2D eigenvalue weighted by Crippen LogP contribution is -2.28. The molecular weight excluding hydrogens is 318 g/mol. The van der Waals surface area contributed by atoms with E-state index in [1.54, 1.807) is 0 Å². The summed E-state index contributed by atoms with van der Waals surface area (Å²) >= 11 is 3.49. The van der Waals surface area contributed by atoms with E-state index in [1.165, 1.54) is 0 Å². The van der Waals surface area contributed by atoms with E-state index < -0.39 is 0 Å². The molecule has 0 radical (unpaired) electrons. The molecule has 0 saturated carbocycles. The summed E-state index contributed by atoms with van der Waals surface area (Å²) < 4.78 is 6.25. The Morgan fingerprint density at radius 2 is 2.00 bits per heavy atom. The van der Waals surface area contributed by atoms with Crippen molar-refractivity contribution in [1.82, 2.24) is 10.1 Å². The van der Waals surface area contributed by atoms with E-state index in [-0.39, 0.29) is 11.5 Å². The van der Waals surface area contributed by atoms with Gasteiger partial charge in [0.25, 0.3) is 0 Å². The van der Waals surface area contributed by atoms with Crippen LogP contribution in [0.25, 0.3) is 11.4 Å². The number of benzene rings is 1. The summed E-state index contributed by atoms with van der Waals surface area (Å²) in [6.07, 6.45) is 1.52. The fourth-order valence-corrected chi connectivity index (χ4v) is 2.63. The summed E-state index contributed by atoms with van der Waals surface area (Å²) in [7, 11) is 0. The van der Waals surface area contributed by atoms with E-state index in [0.717, 1.165) is 16.5 Å². The van der Waals surface area contributed by atoms with Crippen LogP contribution in [0, 0.1) is 5.41 Å². The van der Waals surface area contributed by atoms with Gasteiger partial charge in [-0.2, -0.15) is 4.98 Å². The van der Waals surface area contributed by atoms with E-state index in [4.69, 9.17) is 10.3 Å². The van der Waals surface area contributed by atoms with Crippen molar-refractivity contribution in [2.45, 2.75) is 39.7 Å². The van der Waals surface area contributed by atoms with Crippen molar-refractivity contribution >= 4 is 15.9 Å². The third kappa shape index (κ3) is 4.15. The molecule has 1 aromatic carbocycles. The van der Waals surface area contributed by atoms with Crippen molar-refractivity contribution in [3.8, 4) is 11.4 Å². The molecule has 0 aliphatic rings. The highest BCUT2D eigenvalue weighted by molar-refractivity contribution is 9.10. The Kier molecular flexibility index (Phi) is 4.60. The quantitative estimate of drug-likeness (QED) is 0.921. The highest BCUT2D eigenvalue weighted by Crippen LogP contribution is 2.26. The summed E-state index contributed by atoms with van der Waals surface area (Å²) in [6, 6.07) is 7.84. The molecule has 0 aliphatic heterocycles. The number of hydrogen-bond donors (Lipinski definition) is 1. The number of aromatic nitrogens is 2. The second kappa shape index (κ2) is 6.06. The number of hydrogen-bond acceptors (Lipinski definition) is 4. The molecule has 2 rings (SSSR count). The van der Waals surface area contributed by atoms with Crippen LogP contribution in [0.4, 0.5) is 0 Å². The molecule has 0 aliphatic carbocycles. The normalized spacial score (nSPS) is 13.4. The fraction of sp³-hybridized carbons (Fsp3) is 0.467. The van der Waals surface area contributed by atoms with Gasteiger partial charge in [-0.3, -0.25) is 0 Å². The van der Waals surface area contributed by atoms with Gasteiger partial charge in [0.05, 0.1) is 0 Å². The Morgan fingerprint density at radius 1 is 1.30 bits per heavy atom. The van der Waals surface area contributed by atoms with Gasteiger partial charge < -0.3 is 10.3 Å². The summed E-state index contributed by atoms with van der Waals surface area (Å²) in [4.78, 5) is 4.42. The standard InChI is InChI=1S/C15H20BrN3O/c1-15(2,3)9-10(17)8-13-18-14(19-20-13)11-6-4-5-7-12(11)16/h4-7,10H,8-9,17H2,1-3H3. The Morgan fingerprint density at radius 3 is 2.65 bits per heavy atom. The van der Waals surface area contributed by atoms with Gasteiger partial charge in [-0.05, 0) is 24.0 Å². The summed E-state index contributed by atoms with van der Waals surface area (Å²) in [5, 5.41) is 4.03. The second-order valence-corrected chi connectivity index (χ2v) is 7.07. The first-order chi connectivity index (χ1) is 9.35. The molecule has 5 heteroatoms. The van der Waals surface area contributed by atoms with Crippen LogP contribution in [0.15, 0.2) is 33.3 Å². The van der Waals surface area contributed by atoms with Gasteiger partial charge in [0.1, 0.15) is 0 Å². The predicted molar refractivity (Wildman–Crippen MR) is 83.2 cm³/mol. The molecule has 0 spiro atoms. The van der Waals surface area contributed by atoms with Crippen molar-refractivity contribution in [3.05, 3.63) is 34.6 Å². The van der Waals surface area contributed by atoms with E-state index in [9.17, 15) is 0 Å². The van der Waals surface area contributed by atoms with Crippen LogP contribution in [-0.4, -0.2) is 16.2 Å². The third-order valence-corrected chi connectivity index (χ3v) is 3.59. The van der Waals surface area contributed by atoms with Crippen LogP contribution >= 0.6 is 15.9 Å². The van der Waals surface area contributed by atoms with Gasteiger partial charge in [0, 0.05) is 22.5 Å². The lowest BCUT2D eigenvalue weighted by Gasteiger charge is -2.21. The first kappa shape index (κ1) is 15.2. The van der Waals surface area contributed by atoms with Crippen LogP contribution < -0.4 is 5.73 Å². The Labute approximate surface area is 127 Å². The smallest absolute Gasteiger partial charge is 0.228 e. The van der Waals surface area contributed by atoms with E-state index in [2.05, 4.69) is 46.8 Å². The minimum Gasteiger partial charge on any atom is -0.339 e. The van der Waals surface area contributed by atoms with Crippen molar-refractivity contribution in [2.75, 3.05) is 0 Å². The molecule has 1 unspecified atom stereocenters. The van der Waals surface area contributed by atoms with E-state index in [1.807, 2.05) is 24.3 Å². The second-order valence-electron chi connectivity index (χ2n) is 6.22. The Balaban J connectivity index is 2.08. The summed E-state index contributed by atoms with van der Waals surface area (Å²) in [5.74, 6) is 1.18. The maximum Gasteiger partial charge on any atom is 0.228 e. The first-order valence-corrected chi connectivity index (χ1v) is 7.47. The lowest BCUT2D eigenvalue weighted by atomic mass is 9.87. The van der Waals surface area contributed by atoms with Crippen molar-refractivity contribution in [3.63, 3.8) is 0 Å². The van der Waals surface area contributed by atoms with Crippen LogP contribution in [0.5, 0.6) is 0 Å². The number of nitrogens with zero attached hydrogens (tertiary/aromatic N) is 2. The highest BCUT2D eigenvalue weighted by Gasteiger charge is 2.19. The van der Waals surface area contributed by atoms with Crippen molar-refractivity contribution < 1.29 is 4.52 Å². The van der Waals surface area contributed by atoms with Gasteiger partial charge >= 0.3 is 0 Å². The molecule has 1 aromatic heterocycles. The largest absolute Gasteiger partial charge is 0.339 e. The molecule has 4 nitrogen and oxygen atoms in total. The van der Waals surface area contributed by atoms with Crippen LogP contribution in [-0.2, 0) is 6.42 Å². The molecule has 0 amide bonds. The Bertz CT molecular complexity index is 574. The predicted octanol–water partition coefficient (Wildman–Crippen LogP) is 3.81. The molecule has 2 aromatic rings. The van der Waals surface area contributed by atoms with Gasteiger partial charge in [-0.1, -0.05) is 54.0 Å². The highest BCUT2D eigenvalue weighted by atomic mass is 79.9. The van der Waals surface area contributed by atoms with Crippen LogP contribution in [0.1, 0.15) is 33.1 Å². The van der Waals surface area contributed by atoms with Gasteiger partial charge in [-0.25, -0.2) is 0 Å². The average Bonchev–Trinajstić information content (AvgIpc) is 2.75. The van der Waals surface area contributed by atoms with Crippen molar-refractivity contribution in [2.24, 2.45) is 11.1 Å². The van der Waals surface area contributed by atoms with Gasteiger partial charge in [0.2, 0.25) is 11.7 Å². The van der Waals surface area contributed by atoms with Crippen molar-refractivity contribution in [1.29, 1.82) is 0 Å². The molecule has 0 fully saturated rings. The molecule has 0 bridgehead atoms. The number of nitrogens with two attached hydrogens (primary N) is 1.